The number of allylic oxidation sites excluding steroid dienone is 1. The van der Waals surface area contributed by atoms with Crippen LogP contribution in [0.25, 0.3) is 0 Å². The summed E-state index contributed by atoms with van der Waals surface area (Å²) in [7, 11) is 0. The monoisotopic (exact) mass is 188 g/mol. The minimum absolute atomic E-state index is 0.311. The number of hydrogen-bond acceptors (Lipinski definition) is 2. The molecule has 0 rings (SSSR count). The number of halogens is 1. The molecule has 0 bridgehead atoms. The minimum Gasteiger partial charge on any atom is -0.404 e. The van der Waals surface area contributed by atoms with Crippen molar-refractivity contribution in [1.29, 1.82) is 0 Å². The van der Waals surface area contributed by atoms with Crippen LogP contribution in [0, 0.1) is 0 Å². The second-order valence-corrected chi connectivity index (χ2v) is 2.87. The van der Waals surface area contributed by atoms with Gasteiger partial charge in [0.2, 0.25) is 0 Å². The quantitative estimate of drug-likeness (QED) is 0.296. The van der Waals surface area contributed by atoms with Crippen molar-refractivity contribution in [3.8, 4) is 0 Å². The van der Waals surface area contributed by atoms with Gasteiger partial charge in [-0.05, 0) is 24.6 Å². The number of unbranched alkanes of at least 4 members (excludes halogenated alkanes) is 2. The maximum atomic E-state index is 5.40. The molecule has 3 heteroatoms. The maximum Gasteiger partial charge on any atom is 0.113 e. The number of alkyl halides is 1. The smallest absolute Gasteiger partial charge is 0.113 e. The van der Waals surface area contributed by atoms with Crippen LogP contribution in [0.5, 0.6) is 0 Å². The Morgan fingerprint density at radius 3 is 2.75 bits per heavy atom. The Labute approximate surface area is 79.5 Å². The summed E-state index contributed by atoms with van der Waals surface area (Å²) in [5, 5.41) is 0. The molecule has 0 aromatic carbocycles. The molecule has 0 aliphatic heterocycles. The molecule has 12 heavy (non-hydrogen) atoms. The first-order chi connectivity index (χ1) is 5.85. The number of nitrogens with two attached hydrogens (primary N) is 1. The minimum atomic E-state index is 0.311. The van der Waals surface area contributed by atoms with Crippen LogP contribution in [0.2, 0.25) is 0 Å². The van der Waals surface area contributed by atoms with Crippen molar-refractivity contribution in [2.75, 3.05) is 6.00 Å². The number of hydrogen-bond donors (Lipinski definition) is 1. The highest BCUT2D eigenvalue weighted by atomic mass is 35.5. The first-order valence-corrected chi connectivity index (χ1v) is 4.85. The van der Waals surface area contributed by atoms with Gasteiger partial charge < -0.3 is 5.73 Å². The molecular weight excluding hydrogens is 172 g/mol. The zero-order valence-electron chi connectivity index (χ0n) is 7.59. The van der Waals surface area contributed by atoms with Crippen molar-refractivity contribution in [3.63, 3.8) is 0 Å². The second kappa shape index (κ2) is 8.60. The van der Waals surface area contributed by atoms with E-state index in [0.717, 1.165) is 12.0 Å². The topological polar surface area (TPSA) is 38.4 Å². The van der Waals surface area contributed by atoms with Gasteiger partial charge in [-0.15, -0.1) is 11.6 Å². The van der Waals surface area contributed by atoms with E-state index >= 15 is 0 Å². The maximum absolute atomic E-state index is 5.40. The summed E-state index contributed by atoms with van der Waals surface area (Å²) >= 11 is 5.40. The van der Waals surface area contributed by atoms with Crippen LogP contribution >= 0.6 is 11.6 Å². The van der Waals surface area contributed by atoms with Crippen LogP contribution in [0.1, 0.15) is 32.6 Å². The van der Waals surface area contributed by atoms with Gasteiger partial charge >= 0.3 is 0 Å². The summed E-state index contributed by atoms with van der Waals surface area (Å²) in [6.45, 7) is 2.18. The van der Waals surface area contributed by atoms with Crippen LogP contribution in [0.4, 0.5) is 0 Å². The summed E-state index contributed by atoms with van der Waals surface area (Å²) < 4.78 is 0. The molecule has 0 saturated carbocycles. The SMILES string of the molecule is CCCCC/C(C=NCCl)=C/N. The Morgan fingerprint density at radius 1 is 1.50 bits per heavy atom. The van der Waals surface area contributed by atoms with Gasteiger partial charge in [0.25, 0.3) is 0 Å². The molecule has 0 atom stereocenters. The van der Waals surface area contributed by atoms with E-state index in [-0.39, 0.29) is 0 Å². The largest absolute Gasteiger partial charge is 0.404 e. The third kappa shape index (κ3) is 6.23. The number of aliphatic imine (C=N–C) groups is 1. The van der Waals surface area contributed by atoms with Gasteiger partial charge in [-0.1, -0.05) is 19.8 Å². The molecular formula is C9H17ClN2. The van der Waals surface area contributed by atoms with Crippen LogP contribution < -0.4 is 5.73 Å². The summed E-state index contributed by atoms with van der Waals surface area (Å²) in [6, 6.07) is 0.311. The van der Waals surface area contributed by atoms with Crippen LogP contribution in [0.15, 0.2) is 16.8 Å². The molecule has 0 unspecified atom stereocenters. The predicted octanol–water partition coefficient (Wildman–Crippen LogP) is 2.68. The fraction of sp³-hybridized carbons (Fsp3) is 0.667. The van der Waals surface area contributed by atoms with E-state index in [0.29, 0.717) is 6.00 Å². The zero-order chi connectivity index (χ0) is 9.23. The van der Waals surface area contributed by atoms with Crippen molar-refractivity contribution in [3.05, 3.63) is 11.8 Å². The summed E-state index contributed by atoms with van der Waals surface area (Å²) in [4.78, 5) is 3.91. The predicted molar refractivity (Wildman–Crippen MR) is 55.6 cm³/mol. The fourth-order valence-corrected chi connectivity index (χ4v) is 0.991. The average Bonchev–Trinajstić information content (AvgIpc) is 2.11. The fourth-order valence-electron chi connectivity index (χ4n) is 0.922. The zero-order valence-corrected chi connectivity index (χ0v) is 8.35. The van der Waals surface area contributed by atoms with Gasteiger partial charge in [-0.25, -0.2) is 0 Å². The Hall–Kier alpha value is -0.500. The van der Waals surface area contributed by atoms with E-state index in [9.17, 15) is 0 Å². The molecule has 0 aliphatic rings. The second-order valence-electron chi connectivity index (χ2n) is 2.63. The Kier molecular flexibility index (Phi) is 8.24. The molecule has 0 heterocycles. The highest BCUT2D eigenvalue weighted by Gasteiger charge is 1.91. The first-order valence-electron chi connectivity index (χ1n) is 4.31. The third-order valence-corrected chi connectivity index (χ3v) is 1.75. The molecule has 0 spiro atoms. The van der Waals surface area contributed by atoms with Gasteiger partial charge in [0.05, 0.1) is 0 Å². The van der Waals surface area contributed by atoms with E-state index in [1.807, 2.05) is 0 Å². The van der Waals surface area contributed by atoms with Crippen molar-refractivity contribution >= 4 is 17.8 Å². The summed E-state index contributed by atoms with van der Waals surface area (Å²) in [5.74, 6) is 0. The van der Waals surface area contributed by atoms with Crippen LogP contribution in [-0.2, 0) is 0 Å². The molecule has 0 radical (unpaired) electrons. The van der Waals surface area contributed by atoms with Gasteiger partial charge in [0.1, 0.15) is 6.00 Å². The van der Waals surface area contributed by atoms with Crippen molar-refractivity contribution in [2.45, 2.75) is 32.6 Å². The molecule has 0 aliphatic carbocycles. The molecule has 2 nitrogen and oxygen atoms in total. The normalized spacial score (nSPS) is 12.7. The number of nitrogens with zero attached hydrogens (tertiary/aromatic N) is 1. The molecule has 0 saturated heterocycles. The Balaban J connectivity index is 3.62. The van der Waals surface area contributed by atoms with Gasteiger partial charge in [0, 0.05) is 6.21 Å². The number of rotatable bonds is 6. The standard InChI is InChI=1S/C9H17ClN2/c1-2-3-4-5-9(6-11)7-12-8-10/h6-7H,2-5,8,11H2,1H3/b9-6-,12-7?. The van der Waals surface area contributed by atoms with Gasteiger partial charge in [-0.2, -0.15) is 0 Å². The van der Waals surface area contributed by atoms with Crippen molar-refractivity contribution < 1.29 is 0 Å². The molecule has 0 fully saturated rings. The lowest BCUT2D eigenvalue weighted by molar-refractivity contribution is 0.722. The summed E-state index contributed by atoms with van der Waals surface area (Å²) in [6.07, 6.45) is 8.00. The van der Waals surface area contributed by atoms with E-state index in [2.05, 4.69) is 11.9 Å². The van der Waals surface area contributed by atoms with Crippen LogP contribution in [-0.4, -0.2) is 12.2 Å². The molecule has 0 amide bonds. The lowest BCUT2D eigenvalue weighted by Gasteiger charge is -1.98. The lowest BCUT2D eigenvalue weighted by Crippen LogP contribution is -1.91. The van der Waals surface area contributed by atoms with E-state index in [4.69, 9.17) is 17.3 Å². The molecule has 0 aromatic rings. The van der Waals surface area contributed by atoms with Crippen molar-refractivity contribution in [2.24, 2.45) is 10.7 Å². The van der Waals surface area contributed by atoms with Crippen LogP contribution in [0.3, 0.4) is 0 Å². The lowest BCUT2D eigenvalue weighted by atomic mass is 10.1. The first kappa shape index (κ1) is 11.5. The van der Waals surface area contributed by atoms with E-state index in [1.54, 1.807) is 12.4 Å². The highest BCUT2D eigenvalue weighted by molar-refractivity contribution is 6.18. The Bertz CT molecular complexity index is 153. The van der Waals surface area contributed by atoms with E-state index in [1.165, 1.54) is 19.3 Å². The summed E-state index contributed by atoms with van der Waals surface area (Å²) in [5.41, 5.74) is 6.47. The molecule has 0 aromatic heterocycles. The molecule has 70 valence electrons. The van der Waals surface area contributed by atoms with Gasteiger partial charge in [0.15, 0.2) is 0 Å². The molecule has 2 N–H and O–H groups in total. The van der Waals surface area contributed by atoms with Gasteiger partial charge in [-0.3, -0.25) is 4.99 Å². The Morgan fingerprint density at radius 2 is 2.25 bits per heavy atom. The highest BCUT2D eigenvalue weighted by Crippen LogP contribution is 2.05. The average molecular weight is 189 g/mol. The third-order valence-electron chi connectivity index (χ3n) is 1.61. The van der Waals surface area contributed by atoms with E-state index < -0.39 is 0 Å². The van der Waals surface area contributed by atoms with Crippen molar-refractivity contribution in [1.82, 2.24) is 0 Å².